The van der Waals surface area contributed by atoms with Gasteiger partial charge in [0.2, 0.25) is 5.76 Å². The van der Waals surface area contributed by atoms with Crippen molar-refractivity contribution in [1.29, 1.82) is 5.26 Å². The predicted molar refractivity (Wildman–Crippen MR) is 93.3 cm³/mol. The van der Waals surface area contributed by atoms with E-state index in [0.717, 1.165) is 0 Å². The summed E-state index contributed by atoms with van der Waals surface area (Å²) in [6.07, 6.45) is 0. The van der Waals surface area contributed by atoms with Gasteiger partial charge in [0.25, 0.3) is 11.8 Å². The summed E-state index contributed by atoms with van der Waals surface area (Å²) in [5.41, 5.74) is 0.723. The lowest BCUT2D eigenvalue weighted by atomic mass is 10.2. The molecule has 1 aromatic heterocycles. The van der Waals surface area contributed by atoms with Gasteiger partial charge in [-0.05, 0) is 42.4 Å². The number of nitrogens with one attached hydrogen (secondary N) is 1. The van der Waals surface area contributed by atoms with Gasteiger partial charge in [0, 0.05) is 5.69 Å². The van der Waals surface area contributed by atoms with Crippen LogP contribution in [-0.2, 0) is 0 Å². The van der Waals surface area contributed by atoms with Crippen LogP contribution in [0.15, 0.2) is 59.1 Å². The van der Waals surface area contributed by atoms with Crippen molar-refractivity contribution < 1.29 is 18.8 Å². The lowest BCUT2D eigenvalue weighted by molar-refractivity contribution is 0.0987. The molecule has 1 heterocycles. The number of carbonyl (C=O) groups is 1. The number of nitrogens with zero attached hydrogens (tertiary/aromatic N) is 2. The molecular formula is C19H15N3O4. The summed E-state index contributed by atoms with van der Waals surface area (Å²) in [5, 5.41) is 15.6. The second-order valence-corrected chi connectivity index (χ2v) is 5.15. The van der Waals surface area contributed by atoms with Gasteiger partial charge < -0.3 is 19.3 Å². The molecule has 130 valence electrons. The summed E-state index contributed by atoms with van der Waals surface area (Å²) < 4.78 is 15.8. The second-order valence-electron chi connectivity index (χ2n) is 5.15. The van der Waals surface area contributed by atoms with Crippen LogP contribution in [0.5, 0.6) is 17.4 Å². The van der Waals surface area contributed by atoms with E-state index in [9.17, 15) is 10.1 Å². The molecule has 0 radical (unpaired) electrons. The molecule has 26 heavy (non-hydrogen) atoms. The van der Waals surface area contributed by atoms with Crippen LogP contribution in [0.25, 0.3) is 0 Å². The number of nitriles is 1. The molecule has 0 aliphatic carbocycles. The molecule has 0 saturated heterocycles. The largest absolute Gasteiger partial charge is 0.476 e. The normalized spacial score (nSPS) is 10.0. The molecule has 0 unspecified atom stereocenters. The van der Waals surface area contributed by atoms with Crippen molar-refractivity contribution >= 4 is 11.6 Å². The first-order valence-corrected chi connectivity index (χ1v) is 7.87. The Labute approximate surface area is 149 Å². The van der Waals surface area contributed by atoms with Crippen LogP contribution >= 0.6 is 0 Å². The summed E-state index contributed by atoms with van der Waals surface area (Å²) in [6.45, 7) is 2.22. The average Bonchev–Trinajstić information content (AvgIpc) is 3.13. The van der Waals surface area contributed by atoms with Crippen LogP contribution in [0.2, 0.25) is 0 Å². The van der Waals surface area contributed by atoms with Gasteiger partial charge in [-0.1, -0.05) is 18.2 Å². The highest BCUT2D eigenvalue weighted by molar-refractivity contribution is 6.02. The minimum absolute atomic E-state index is 0.0107. The summed E-state index contributed by atoms with van der Waals surface area (Å²) >= 11 is 0. The Kier molecular flexibility index (Phi) is 5.15. The zero-order valence-corrected chi connectivity index (χ0v) is 13.9. The lowest BCUT2D eigenvalue weighted by Crippen LogP contribution is -2.11. The third-order valence-corrected chi connectivity index (χ3v) is 3.33. The van der Waals surface area contributed by atoms with Crippen LogP contribution < -0.4 is 14.8 Å². The molecule has 1 amide bonds. The highest BCUT2D eigenvalue weighted by Crippen LogP contribution is 2.27. The van der Waals surface area contributed by atoms with Gasteiger partial charge in [-0.15, -0.1) is 0 Å². The Bertz CT molecular complexity index is 945. The third kappa shape index (κ3) is 3.99. The second kappa shape index (κ2) is 7.85. The van der Waals surface area contributed by atoms with Gasteiger partial charge in [-0.3, -0.25) is 4.79 Å². The third-order valence-electron chi connectivity index (χ3n) is 3.33. The van der Waals surface area contributed by atoms with Gasteiger partial charge >= 0.3 is 0 Å². The Morgan fingerprint density at radius 1 is 1.23 bits per heavy atom. The summed E-state index contributed by atoms with van der Waals surface area (Å²) in [4.78, 5) is 12.2. The predicted octanol–water partition coefficient (Wildman–Crippen LogP) is 3.99. The van der Waals surface area contributed by atoms with Crippen molar-refractivity contribution in [2.24, 2.45) is 0 Å². The SMILES string of the molecule is CCOc1cc(C(=O)Nc2ccc(Oc3ccccc3)c(C#N)c2)on1. The van der Waals surface area contributed by atoms with Gasteiger partial charge in [0.1, 0.15) is 17.6 Å². The molecule has 0 aliphatic heterocycles. The van der Waals surface area contributed by atoms with E-state index in [2.05, 4.69) is 16.5 Å². The summed E-state index contributed by atoms with van der Waals surface area (Å²) in [7, 11) is 0. The average molecular weight is 349 g/mol. The van der Waals surface area contributed by atoms with Crippen LogP contribution in [0.1, 0.15) is 23.0 Å². The van der Waals surface area contributed by atoms with Gasteiger partial charge in [-0.2, -0.15) is 5.26 Å². The summed E-state index contributed by atoms with van der Waals surface area (Å²) in [5.74, 6) is 0.767. The molecule has 0 aliphatic rings. The number of rotatable bonds is 6. The number of para-hydroxylation sites is 1. The number of hydrogen-bond acceptors (Lipinski definition) is 6. The van der Waals surface area contributed by atoms with E-state index in [1.165, 1.54) is 12.1 Å². The van der Waals surface area contributed by atoms with Crippen LogP contribution in [0, 0.1) is 11.3 Å². The standard InChI is InChI=1S/C19H15N3O4/c1-2-24-18-11-17(26-22-18)19(23)21-14-8-9-16(13(10-14)12-20)25-15-6-4-3-5-7-15/h3-11H,2H2,1H3,(H,21,23). The Balaban J connectivity index is 1.74. The number of amides is 1. The zero-order valence-electron chi connectivity index (χ0n) is 13.9. The maximum Gasteiger partial charge on any atom is 0.294 e. The first kappa shape index (κ1) is 17.0. The lowest BCUT2D eigenvalue weighted by Gasteiger charge is -2.09. The fourth-order valence-electron chi connectivity index (χ4n) is 2.17. The Morgan fingerprint density at radius 3 is 2.77 bits per heavy atom. The number of ether oxygens (including phenoxy) is 2. The quantitative estimate of drug-likeness (QED) is 0.722. The van der Waals surface area contributed by atoms with Crippen LogP contribution in [0.4, 0.5) is 5.69 Å². The Hall–Kier alpha value is -3.79. The molecule has 7 heteroatoms. The molecule has 7 nitrogen and oxygen atoms in total. The number of hydrogen-bond donors (Lipinski definition) is 1. The van der Waals surface area contributed by atoms with Crippen molar-refractivity contribution in [2.45, 2.75) is 6.92 Å². The number of anilines is 1. The van der Waals surface area contributed by atoms with Crippen molar-refractivity contribution in [3.8, 4) is 23.4 Å². The van der Waals surface area contributed by atoms with Crippen molar-refractivity contribution in [2.75, 3.05) is 11.9 Å². The van der Waals surface area contributed by atoms with Crippen molar-refractivity contribution in [3.63, 3.8) is 0 Å². The monoisotopic (exact) mass is 349 g/mol. The highest BCUT2D eigenvalue weighted by Gasteiger charge is 2.15. The number of carbonyl (C=O) groups excluding carboxylic acids is 1. The van der Waals surface area contributed by atoms with E-state index in [0.29, 0.717) is 29.4 Å². The molecule has 1 N–H and O–H groups in total. The molecule has 3 rings (SSSR count). The molecule has 0 spiro atoms. The van der Waals surface area contributed by atoms with E-state index < -0.39 is 5.91 Å². The Morgan fingerprint density at radius 2 is 2.04 bits per heavy atom. The first-order valence-electron chi connectivity index (χ1n) is 7.87. The molecule has 0 fully saturated rings. The molecule has 3 aromatic rings. The minimum Gasteiger partial charge on any atom is -0.476 e. The maximum absolute atomic E-state index is 12.2. The van der Waals surface area contributed by atoms with Crippen molar-refractivity contribution in [1.82, 2.24) is 5.16 Å². The van der Waals surface area contributed by atoms with Crippen LogP contribution in [0.3, 0.4) is 0 Å². The van der Waals surface area contributed by atoms with Crippen LogP contribution in [-0.4, -0.2) is 17.7 Å². The van der Waals surface area contributed by atoms with E-state index in [-0.39, 0.29) is 11.6 Å². The minimum atomic E-state index is -0.496. The van der Waals surface area contributed by atoms with Gasteiger partial charge in [0.05, 0.1) is 18.2 Å². The number of benzene rings is 2. The van der Waals surface area contributed by atoms with E-state index >= 15 is 0 Å². The smallest absolute Gasteiger partial charge is 0.294 e. The fourth-order valence-corrected chi connectivity index (χ4v) is 2.17. The first-order chi connectivity index (χ1) is 12.7. The highest BCUT2D eigenvalue weighted by atomic mass is 16.5. The molecule has 0 saturated carbocycles. The number of aromatic nitrogens is 1. The van der Waals surface area contributed by atoms with Gasteiger partial charge in [-0.25, -0.2) is 0 Å². The maximum atomic E-state index is 12.2. The molecule has 2 aromatic carbocycles. The van der Waals surface area contributed by atoms with Gasteiger partial charge in [0.15, 0.2) is 0 Å². The summed E-state index contributed by atoms with van der Waals surface area (Å²) in [6, 6.07) is 17.4. The topological polar surface area (TPSA) is 97.4 Å². The zero-order chi connectivity index (χ0) is 18.4. The van der Waals surface area contributed by atoms with Crippen molar-refractivity contribution in [3.05, 3.63) is 65.9 Å². The van der Waals surface area contributed by atoms with E-state index in [4.69, 9.17) is 14.0 Å². The molecule has 0 atom stereocenters. The van der Waals surface area contributed by atoms with E-state index in [1.54, 1.807) is 31.2 Å². The molecular weight excluding hydrogens is 334 g/mol. The fraction of sp³-hybridized carbons (Fsp3) is 0.105. The molecule has 0 bridgehead atoms. The van der Waals surface area contributed by atoms with E-state index in [1.807, 2.05) is 18.2 Å².